The summed E-state index contributed by atoms with van der Waals surface area (Å²) in [6, 6.07) is 4.26. The summed E-state index contributed by atoms with van der Waals surface area (Å²) in [5, 5.41) is 8.88. The maximum atomic E-state index is 8.88. The molecule has 0 aliphatic heterocycles. The first-order valence-corrected chi connectivity index (χ1v) is 5.19. The lowest BCUT2D eigenvalue weighted by atomic mass is 10.0. The fourth-order valence-electron chi connectivity index (χ4n) is 1.52. The van der Waals surface area contributed by atoms with Crippen LogP contribution in [0.2, 0.25) is 0 Å². The SMILES string of the molecule is CCCc1cc(CCC)c(C#N)cn1. The van der Waals surface area contributed by atoms with Crippen LogP contribution in [0.1, 0.15) is 43.5 Å². The van der Waals surface area contributed by atoms with E-state index in [1.54, 1.807) is 6.20 Å². The average molecular weight is 188 g/mol. The third-order valence-corrected chi connectivity index (χ3v) is 2.19. The van der Waals surface area contributed by atoms with Crippen LogP contribution in [0.25, 0.3) is 0 Å². The third-order valence-electron chi connectivity index (χ3n) is 2.19. The summed E-state index contributed by atoms with van der Waals surface area (Å²) < 4.78 is 0. The van der Waals surface area contributed by atoms with E-state index in [9.17, 15) is 0 Å². The fraction of sp³-hybridized carbons (Fsp3) is 0.500. The van der Waals surface area contributed by atoms with Gasteiger partial charge in [-0.2, -0.15) is 5.26 Å². The molecule has 0 saturated heterocycles. The van der Waals surface area contributed by atoms with Crippen LogP contribution in [0, 0.1) is 11.3 Å². The first-order valence-electron chi connectivity index (χ1n) is 5.19. The van der Waals surface area contributed by atoms with E-state index in [-0.39, 0.29) is 0 Å². The monoisotopic (exact) mass is 188 g/mol. The number of aromatic nitrogens is 1. The second kappa shape index (κ2) is 5.39. The summed E-state index contributed by atoms with van der Waals surface area (Å²) in [7, 11) is 0. The molecule has 1 heterocycles. The number of rotatable bonds is 4. The average Bonchev–Trinajstić information content (AvgIpc) is 2.19. The van der Waals surface area contributed by atoms with Crippen molar-refractivity contribution in [2.45, 2.75) is 39.5 Å². The Labute approximate surface area is 85.6 Å². The Balaban J connectivity index is 2.96. The molecule has 1 aromatic heterocycles. The van der Waals surface area contributed by atoms with Crippen LogP contribution in [0.4, 0.5) is 0 Å². The first kappa shape index (κ1) is 10.7. The summed E-state index contributed by atoms with van der Waals surface area (Å²) in [6.07, 6.45) is 5.86. The predicted octanol–water partition coefficient (Wildman–Crippen LogP) is 2.86. The predicted molar refractivity (Wildman–Crippen MR) is 56.9 cm³/mol. The molecule has 0 fully saturated rings. The maximum absolute atomic E-state index is 8.88. The standard InChI is InChI=1S/C12H16N2/c1-3-5-10-7-12(6-4-2)14-9-11(10)8-13/h7,9H,3-6H2,1-2H3. The van der Waals surface area contributed by atoms with E-state index >= 15 is 0 Å². The van der Waals surface area contributed by atoms with E-state index in [4.69, 9.17) is 5.26 Å². The molecule has 74 valence electrons. The molecule has 0 N–H and O–H groups in total. The number of nitriles is 1. The second-order valence-electron chi connectivity index (χ2n) is 3.44. The van der Waals surface area contributed by atoms with Crippen LogP contribution >= 0.6 is 0 Å². The highest BCUT2D eigenvalue weighted by Crippen LogP contribution is 2.12. The second-order valence-corrected chi connectivity index (χ2v) is 3.44. The Bertz CT molecular complexity index is 337. The van der Waals surface area contributed by atoms with Crippen molar-refractivity contribution in [1.82, 2.24) is 4.98 Å². The van der Waals surface area contributed by atoms with Gasteiger partial charge < -0.3 is 0 Å². The molecule has 0 spiro atoms. The van der Waals surface area contributed by atoms with Crippen molar-refractivity contribution < 1.29 is 0 Å². The van der Waals surface area contributed by atoms with Crippen molar-refractivity contribution in [3.05, 3.63) is 29.1 Å². The number of pyridine rings is 1. The van der Waals surface area contributed by atoms with E-state index in [1.807, 2.05) is 0 Å². The zero-order valence-electron chi connectivity index (χ0n) is 8.88. The van der Waals surface area contributed by atoms with Crippen LogP contribution in [0.3, 0.4) is 0 Å². The molecule has 0 unspecified atom stereocenters. The summed E-state index contributed by atoms with van der Waals surface area (Å²) in [5.74, 6) is 0. The molecule has 2 heteroatoms. The van der Waals surface area contributed by atoms with Gasteiger partial charge in [0.2, 0.25) is 0 Å². The van der Waals surface area contributed by atoms with Crippen molar-refractivity contribution in [2.24, 2.45) is 0 Å². The van der Waals surface area contributed by atoms with Gasteiger partial charge in [0.05, 0.1) is 5.56 Å². The van der Waals surface area contributed by atoms with Crippen molar-refractivity contribution in [2.75, 3.05) is 0 Å². The summed E-state index contributed by atoms with van der Waals surface area (Å²) >= 11 is 0. The van der Waals surface area contributed by atoms with Crippen LogP contribution < -0.4 is 0 Å². The lowest BCUT2D eigenvalue weighted by molar-refractivity contribution is 0.860. The Hall–Kier alpha value is -1.36. The zero-order chi connectivity index (χ0) is 10.4. The van der Waals surface area contributed by atoms with Gasteiger partial charge in [-0.25, -0.2) is 0 Å². The highest BCUT2D eigenvalue weighted by molar-refractivity contribution is 5.36. The number of hydrogen-bond donors (Lipinski definition) is 0. The van der Waals surface area contributed by atoms with Gasteiger partial charge in [-0.15, -0.1) is 0 Å². The highest BCUT2D eigenvalue weighted by Gasteiger charge is 2.03. The van der Waals surface area contributed by atoms with E-state index in [1.165, 1.54) is 0 Å². The van der Waals surface area contributed by atoms with Gasteiger partial charge in [-0.3, -0.25) is 4.98 Å². The third kappa shape index (κ3) is 2.56. The van der Waals surface area contributed by atoms with Gasteiger partial charge in [0.1, 0.15) is 6.07 Å². The molecule has 14 heavy (non-hydrogen) atoms. The number of hydrogen-bond acceptors (Lipinski definition) is 2. The summed E-state index contributed by atoms with van der Waals surface area (Å²) in [6.45, 7) is 4.26. The van der Waals surface area contributed by atoms with Gasteiger partial charge in [0.15, 0.2) is 0 Å². The Morgan fingerprint density at radius 2 is 2.00 bits per heavy atom. The van der Waals surface area contributed by atoms with Crippen molar-refractivity contribution in [3.8, 4) is 6.07 Å². The molecule has 0 amide bonds. The maximum Gasteiger partial charge on any atom is 0.101 e. The minimum atomic E-state index is 0.728. The van der Waals surface area contributed by atoms with Gasteiger partial charge >= 0.3 is 0 Å². The van der Waals surface area contributed by atoms with Crippen LogP contribution in [0.15, 0.2) is 12.3 Å². The van der Waals surface area contributed by atoms with E-state index in [2.05, 4.69) is 31.0 Å². The zero-order valence-corrected chi connectivity index (χ0v) is 8.88. The van der Waals surface area contributed by atoms with Gasteiger partial charge in [-0.1, -0.05) is 26.7 Å². The normalized spacial score (nSPS) is 9.79. The molecule has 0 atom stereocenters. The molecule has 0 bridgehead atoms. The molecule has 0 aliphatic rings. The number of aryl methyl sites for hydroxylation is 2. The quantitative estimate of drug-likeness (QED) is 0.728. The van der Waals surface area contributed by atoms with Gasteiger partial charge in [0, 0.05) is 11.9 Å². The molecule has 0 aromatic carbocycles. The lowest BCUT2D eigenvalue weighted by Crippen LogP contribution is -1.96. The molecule has 0 aliphatic carbocycles. The Kier molecular flexibility index (Phi) is 4.12. The minimum absolute atomic E-state index is 0.728. The molecule has 0 radical (unpaired) electrons. The Morgan fingerprint density at radius 1 is 1.29 bits per heavy atom. The van der Waals surface area contributed by atoms with Crippen molar-refractivity contribution in [3.63, 3.8) is 0 Å². The summed E-state index contributed by atoms with van der Waals surface area (Å²) in [5.41, 5.74) is 2.98. The smallest absolute Gasteiger partial charge is 0.101 e. The van der Waals surface area contributed by atoms with Crippen LogP contribution in [0.5, 0.6) is 0 Å². The van der Waals surface area contributed by atoms with Crippen molar-refractivity contribution in [1.29, 1.82) is 5.26 Å². The lowest BCUT2D eigenvalue weighted by Gasteiger charge is -2.04. The van der Waals surface area contributed by atoms with Crippen LogP contribution in [-0.4, -0.2) is 4.98 Å². The van der Waals surface area contributed by atoms with E-state index in [0.29, 0.717) is 0 Å². The molecule has 1 rings (SSSR count). The molecule has 1 aromatic rings. The topological polar surface area (TPSA) is 36.7 Å². The first-order chi connectivity index (χ1) is 6.81. The fourth-order valence-corrected chi connectivity index (χ4v) is 1.52. The van der Waals surface area contributed by atoms with E-state index < -0.39 is 0 Å². The largest absolute Gasteiger partial charge is 0.260 e. The highest BCUT2D eigenvalue weighted by atomic mass is 14.7. The minimum Gasteiger partial charge on any atom is -0.260 e. The van der Waals surface area contributed by atoms with Crippen molar-refractivity contribution >= 4 is 0 Å². The molecular formula is C12H16N2. The number of nitrogens with zero attached hydrogens (tertiary/aromatic N) is 2. The molecule has 2 nitrogen and oxygen atoms in total. The van der Waals surface area contributed by atoms with Gasteiger partial charge in [0.25, 0.3) is 0 Å². The summed E-state index contributed by atoms with van der Waals surface area (Å²) in [4.78, 5) is 4.26. The van der Waals surface area contributed by atoms with E-state index in [0.717, 1.165) is 42.5 Å². The van der Waals surface area contributed by atoms with Crippen LogP contribution in [-0.2, 0) is 12.8 Å². The Morgan fingerprint density at radius 3 is 2.57 bits per heavy atom. The molecule has 0 saturated carbocycles. The van der Waals surface area contributed by atoms with Gasteiger partial charge in [-0.05, 0) is 24.5 Å². The molecular weight excluding hydrogens is 172 g/mol.